The zero-order chi connectivity index (χ0) is 15.5. The average Bonchev–Trinajstić information content (AvgIpc) is 3.28. The van der Waals surface area contributed by atoms with Gasteiger partial charge in [-0.25, -0.2) is 8.78 Å². The van der Waals surface area contributed by atoms with Crippen molar-refractivity contribution >= 4 is 5.91 Å². The van der Waals surface area contributed by atoms with Gasteiger partial charge in [0, 0.05) is 51.3 Å². The minimum absolute atomic E-state index is 0.0242. The van der Waals surface area contributed by atoms with Crippen LogP contribution < -0.4 is 10.6 Å². The van der Waals surface area contributed by atoms with Crippen molar-refractivity contribution in [2.45, 2.75) is 12.3 Å². The fourth-order valence-corrected chi connectivity index (χ4v) is 3.03. The number of amides is 1. The fraction of sp³-hybridized carbons (Fsp3) is 0.562. The molecule has 22 heavy (non-hydrogen) atoms. The third kappa shape index (κ3) is 3.62. The minimum atomic E-state index is -0.584. The third-order valence-corrected chi connectivity index (χ3v) is 4.43. The maximum absolute atomic E-state index is 13.7. The standard InChI is InChI=1S/C16H21F2N3O/c17-11-1-2-12(15(18)9-11)13-10-14(13)16(22)20-5-8-21-6-3-19-4-7-21/h1-2,9,13-14,19H,3-8,10H2,(H,20,22). The molecule has 2 unspecified atom stereocenters. The van der Waals surface area contributed by atoms with E-state index in [0.717, 1.165) is 38.8 Å². The normalized spacial score (nSPS) is 25.0. The highest BCUT2D eigenvalue weighted by atomic mass is 19.1. The Morgan fingerprint density at radius 1 is 1.32 bits per heavy atom. The molecule has 120 valence electrons. The predicted molar refractivity (Wildman–Crippen MR) is 79.5 cm³/mol. The van der Waals surface area contributed by atoms with E-state index in [9.17, 15) is 13.6 Å². The molecule has 6 heteroatoms. The molecule has 1 saturated heterocycles. The summed E-state index contributed by atoms with van der Waals surface area (Å²) in [6, 6.07) is 3.58. The number of halogens is 2. The number of carbonyl (C=O) groups excluding carboxylic acids is 1. The lowest BCUT2D eigenvalue weighted by Crippen LogP contribution is -2.46. The molecule has 1 saturated carbocycles. The minimum Gasteiger partial charge on any atom is -0.355 e. The SMILES string of the molecule is O=C(NCCN1CCNCC1)C1CC1c1ccc(F)cc1F. The van der Waals surface area contributed by atoms with Crippen molar-refractivity contribution in [3.8, 4) is 0 Å². The third-order valence-electron chi connectivity index (χ3n) is 4.43. The van der Waals surface area contributed by atoms with Gasteiger partial charge in [0.05, 0.1) is 0 Å². The van der Waals surface area contributed by atoms with Gasteiger partial charge in [0.25, 0.3) is 0 Å². The first-order chi connectivity index (χ1) is 10.6. The molecule has 2 N–H and O–H groups in total. The summed E-state index contributed by atoms with van der Waals surface area (Å²) in [6.07, 6.45) is 0.641. The van der Waals surface area contributed by atoms with Crippen molar-refractivity contribution in [2.75, 3.05) is 39.3 Å². The van der Waals surface area contributed by atoms with Crippen LogP contribution in [0.3, 0.4) is 0 Å². The molecule has 2 atom stereocenters. The molecule has 3 rings (SSSR count). The van der Waals surface area contributed by atoms with Gasteiger partial charge in [-0.1, -0.05) is 6.07 Å². The number of piperazine rings is 1. The number of rotatable bonds is 5. The van der Waals surface area contributed by atoms with Gasteiger partial charge >= 0.3 is 0 Å². The predicted octanol–water partition coefficient (Wildman–Crippen LogP) is 1.09. The van der Waals surface area contributed by atoms with E-state index in [0.29, 0.717) is 18.5 Å². The van der Waals surface area contributed by atoms with E-state index in [1.54, 1.807) is 0 Å². The number of nitrogens with one attached hydrogen (secondary N) is 2. The summed E-state index contributed by atoms with van der Waals surface area (Å²) in [5.41, 5.74) is 0.448. The summed E-state index contributed by atoms with van der Waals surface area (Å²) in [5.74, 6) is -1.45. The molecule has 1 heterocycles. The zero-order valence-electron chi connectivity index (χ0n) is 12.4. The van der Waals surface area contributed by atoms with Crippen LogP contribution in [-0.4, -0.2) is 50.1 Å². The molecule has 2 aliphatic rings. The second-order valence-corrected chi connectivity index (χ2v) is 6.00. The molecule has 1 amide bonds. The van der Waals surface area contributed by atoms with Crippen LogP contribution in [0.25, 0.3) is 0 Å². The van der Waals surface area contributed by atoms with Gasteiger partial charge in [0.2, 0.25) is 5.91 Å². The Labute approximate surface area is 128 Å². The van der Waals surface area contributed by atoms with Crippen molar-refractivity contribution in [3.05, 3.63) is 35.4 Å². The number of hydrogen-bond acceptors (Lipinski definition) is 3. The Bertz CT molecular complexity index is 546. The van der Waals surface area contributed by atoms with Gasteiger partial charge in [-0.15, -0.1) is 0 Å². The lowest BCUT2D eigenvalue weighted by Gasteiger charge is -2.27. The topological polar surface area (TPSA) is 44.4 Å². The summed E-state index contributed by atoms with van der Waals surface area (Å²) in [4.78, 5) is 14.4. The molecule has 0 bridgehead atoms. The number of nitrogens with zero attached hydrogens (tertiary/aromatic N) is 1. The molecule has 1 aromatic rings. The van der Waals surface area contributed by atoms with E-state index in [1.807, 2.05) is 0 Å². The van der Waals surface area contributed by atoms with Gasteiger partial charge in [-0.05, 0) is 24.0 Å². The van der Waals surface area contributed by atoms with Crippen molar-refractivity contribution in [1.29, 1.82) is 0 Å². The lowest BCUT2D eigenvalue weighted by molar-refractivity contribution is -0.122. The lowest BCUT2D eigenvalue weighted by atomic mass is 10.1. The molecular formula is C16H21F2N3O. The van der Waals surface area contributed by atoms with Crippen LogP contribution in [0, 0.1) is 17.6 Å². The van der Waals surface area contributed by atoms with Crippen molar-refractivity contribution in [1.82, 2.24) is 15.5 Å². The maximum Gasteiger partial charge on any atom is 0.223 e. The van der Waals surface area contributed by atoms with Gasteiger partial charge in [-0.3, -0.25) is 9.69 Å². The molecule has 2 fully saturated rings. The van der Waals surface area contributed by atoms with E-state index in [4.69, 9.17) is 0 Å². The largest absolute Gasteiger partial charge is 0.355 e. The molecule has 4 nitrogen and oxygen atoms in total. The summed E-state index contributed by atoms with van der Waals surface area (Å²) in [6.45, 7) is 5.44. The molecule has 0 radical (unpaired) electrons. The van der Waals surface area contributed by atoms with E-state index < -0.39 is 11.6 Å². The number of hydrogen-bond donors (Lipinski definition) is 2. The summed E-state index contributed by atoms with van der Waals surface area (Å²) in [5, 5.41) is 6.21. The molecule has 1 aromatic carbocycles. The van der Waals surface area contributed by atoms with Crippen LogP contribution >= 0.6 is 0 Å². The van der Waals surface area contributed by atoms with Crippen LogP contribution in [0.5, 0.6) is 0 Å². The average molecular weight is 309 g/mol. The first-order valence-electron chi connectivity index (χ1n) is 7.81. The summed E-state index contributed by atoms with van der Waals surface area (Å²) < 4.78 is 26.6. The van der Waals surface area contributed by atoms with Crippen LogP contribution in [0.4, 0.5) is 8.78 Å². The van der Waals surface area contributed by atoms with Gasteiger partial charge in [0.15, 0.2) is 0 Å². The highest BCUT2D eigenvalue weighted by Gasteiger charge is 2.45. The highest BCUT2D eigenvalue weighted by molar-refractivity contribution is 5.82. The highest BCUT2D eigenvalue weighted by Crippen LogP contribution is 2.48. The maximum atomic E-state index is 13.7. The van der Waals surface area contributed by atoms with E-state index in [1.165, 1.54) is 12.1 Å². The first-order valence-corrected chi connectivity index (χ1v) is 7.81. The van der Waals surface area contributed by atoms with Gasteiger partial charge in [-0.2, -0.15) is 0 Å². The molecule has 0 aromatic heterocycles. The summed E-state index contributed by atoms with van der Waals surface area (Å²) in [7, 11) is 0. The Hall–Kier alpha value is -1.53. The number of benzene rings is 1. The number of carbonyl (C=O) groups is 1. The Morgan fingerprint density at radius 3 is 2.82 bits per heavy atom. The van der Waals surface area contributed by atoms with Gasteiger partial charge < -0.3 is 10.6 Å². The zero-order valence-corrected chi connectivity index (χ0v) is 12.4. The van der Waals surface area contributed by atoms with E-state index >= 15 is 0 Å². The first kappa shape index (κ1) is 15.4. The molecule has 0 spiro atoms. The fourth-order valence-electron chi connectivity index (χ4n) is 3.03. The van der Waals surface area contributed by atoms with Crippen LogP contribution in [0.2, 0.25) is 0 Å². The van der Waals surface area contributed by atoms with Crippen LogP contribution in [0.15, 0.2) is 18.2 Å². The molecule has 1 aliphatic heterocycles. The van der Waals surface area contributed by atoms with Gasteiger partial charge in [0.1, 0.15) is 11.6 Å². The van der Waals surface area contributed by atoms with Crippen molar-refractivity contribution in [3.63, 3.8) is 0 Å². The Morgan fingerprint density at radius 2 is 2.09 bits per heavy atom. The van der Waals surface area contributed by atoms with Crippen molar-refractivity contribution in [2.24, 2.45) is 5.92 Å². The Kier molecular flexibility index (Phi) is 4.69. The second kappa shape index (κ2) is 6.71. The van der Waals surface area contributed by atoms with Crippen LogP contribution in [-0.2, 0) is 4.79 Å². The Balaban J connectivity index is 1.44. The summed E-state index contributed by atoms with van der Waals surface area (Å²) >= 11 is 0. The smallest absolute Gasteiger partial charge is 0.223 e. The van der Waals surface area contributed by atoms with E-state index in [-0.39, 0.29) is 17.7 Å². The molecule has 1 aliphatic carbocycles. The molecular weight excluding hydrogens is 288 g/mol. The van der Waals surface area contributed by atoms with E-state index in [2.05, 4.69) is 15.5 Å². The monoisotopic (exact) mass is 309 g/mol. The quantitative estimate of drug-likeness (QED) is 0.856. The van der Waals surface area contributed by atoms with Crippen LogP contribution in [0.1, 0.15) is 17.9 Å². The van der Waals surface area contributed by atoms with Crippen molar-refractivity contribution < 1.29 is 13.6 Å². The second-order valence-electron chi connectivity index (χ2n) is 6.00.